The van der Waals surface area contributed by atoms with E-state index in [-0.39, 0.29) is 12.2 Å². The third kappa shape index (κ3) is 5.33. The first-order chi connectivity index (χ1) is 16.3. The van der Waals surface area contributed by atoms with Crippen LogP contribution in [0.15, 0.2) is 30.3 Å². The molecule has 0 bridgehead atoms. The van der Waals surface area contributed by atoms with Gasteiger partial charge in [0.1, 0.15) is 5.82 Å². The second kappa shape index (κ2) is 10.8. The van der Waals surface area contributed by atoms with Gasteiger partial charge in [-0.25, -0.2) is 4.98 Å². The molecule has 0 radical (unpaired) electrons. The number of rotatable bonds is 5. The van der Waals surface area contributed by atoms with E-state index in [9.17, 15) is 0 Å². The van der Waals surface area contributed by atoms with Gasteiger partial charge in [0.05, 0.1) is 11.9 Å². The summed E-state index contributed by atoms with van der Waals surface area (Å²) in [6.45, 7) is 4.01. The summed E-state index contributed by atoms with van der Waals surface area (Å²) in [6, 6.07) is 10.7. The Bertz CT molecular complexity index is 893. The second-order valence-electron chi connectivity index (χ2n) is 10.0. The lowest BCUT2D eigenvalue weighted by atomic mass is 10.0. The first-order valence-corrected chi connectivity index (χ1v) is 13.2. The smallest absolute Gasteiger partial charge is 0.228 e. The number of nitrogens with two attached hydrogens (primary N) is 1. The average Bonchev–Trinajstić information content (AvgIpc) is 3.26. The summed E-state index contributed by atoms with van der Waals surface area (Å²) in [5.74, 6) is 2.11. The van der Waals surface area contributed by atoms with Crippen LogP contribution in [0, 0.1) is 0 Å². The fourth-order valence-corrected chi connectivity index (χ4v) is 5.74. The molecule has 3 aliphatic rings. The van der Waals surface area contributed by atoms with Crippen molar-refractivity contribution in [3.63, 3.8) is 0 Å². The van der Waals surface area contributed by atoms with Crippen LogP contribution >= 0.6 is 0 Å². The van der Waals surface area contributed by atoms with Crippen LogP contribution < -0.4 is 20.9 Å². The minimum Gasteiger partial charge on any atom is -0.356 e. The van der Waals surface area contributed by atoms with Gasteiger partial charge in [0.25, 0.3) is 0 Å². The molecular weight excluding hydrogens is 408 g/mol. The maximum Gasteiger partial charge on any atom is 0.228 e. The van der Waals surface area contributed by atoms with E-state index < -0.39 is 0 Å². The Morgan fingerprint density at radius 2 is 1.61 bits per heavy atom. The number of fused-ring (bicyclic) bond motifs is 1. The van der Waals surface area contributed by atoms with Gasteiger partial charge in [-0.15, -0.1) is 0 Å². The van der Waals surface area contributed by atoms with Crippen molar-refractivity contribution in [2.75, 3.05) is 29.4 Å². The number of aryl methyl sites for hydroxylation is 1. The van der Waals surface area contributed by atoms with Gasteiger partial charge in [0.15, 0.2) is 0 Å². The molecule has 5 rings (SSSR count). The second-order valence-corrected chi connectivity index (χ2v) is 10.0. The molecule has 0 saturated carbocycles. The van der Waals surface area contributed by atoms with Crippen molar-refractivity contribution in [2.24, 2.45) is 5.73 Å². The Hall–Kier alpha value is -2.18. The highest BCUT2D eigenvalue weighted by Crippen LogP contribution is 2.32. The molecular formula is C27H40N6. The lowest BCUT2D eigenvalue weighted by molar-refractivity contribution is 0.341. The predicted octanol–water partition coefficient (Wildman–Crippen LogP) is 4.17. The summed E-state index contributed by atoms with van der Waals surface area (Å²) in [4.78, 5) is 15.4. The van der Waals surface area contributed by atoms with Crippen LogP contribution in [-0.2, 0) is 19.4 Å². The summed E-state index contributed by atoms with van der Waals surface area (Å²) in [5, 5.41) is 3.74. The number of hydrogen-bond donors (Lipinski definition) is 2. The third-order valence-electron chi connectivity index (χ3n) is 7.60. The molecule has 1 aromatic heterocycles. The largest absolute Gasteiger partial charge is 0.356 e. The predicted molar refractivity (Wildman–Crippen MR) is 136 cm³/mol. The number of nitrogens with zero attached hydrogens (tertiary/aromatic N) is 4. The molecule has 2 unspecified atom stereocenters. The van der Waals surface area contributed by atoms with Crippen molar-refractivity contribution in [3.05, 3.63) is 47.2 Å². The van der Waals surface area contributed by atoms with Crippen LogP contribution in [0.5, 0.6) is 0 Å². The van der Waals surface area contributed by atoms with E-state index in [1.807, 2.05) is 0 Å². The standard InChI is InChI=1S/C27H40N6/c28-23-15-11-19-33(26(23)29-20-21-12-5-3-6-13-21)27-30-24-16-8-4-7-14-22(24)25(31-27)32-17-9-1-2-10-18-32/h3,5-6,12-13,23,26,29H,1-2,4,7-11,14-20,28H2. The molecule has 6 nitrogen and oxygen atoms in total. The number of anilines is 2. The van der Waals surface area contributed by atoms with Crippen molar-refractivity contribution < 1.29 is 0 Å². The fraction of sp³-hybridized carbons (Fsp3) is 0.630. The van der Waals surface area contributed by atoms with E-state index in [0.29, 0.717) is 0 Å². The molecule has 0 spiro atoms. The zero-order valence-corrected chi connectivity index (χ0v) is 20.0. The molecule has 3 heterocycles. The van der Waals surface area contributed by atoms with Crippen LogP contribution in [0.4, 0.5) is 11.8 Å². The van der Waals surface area contributed by atoms with E-state index in [0.717, 1.165) is 57.8 Å². The first-order valence-electron chi connectivity index (χ1n) is 13.2. The Morgan fingerprint density at radius 1 is 0.848 bits per heavy atom. The average molecular weight is 449 g/mol. The Labute approximate surface area is 199 Å². The van der Waals surface area contributed by atoms with E-state index in [2.05, 4.69) is 45.4 Å². The van der Waals surface area contributed by atoms with Gasteiger partial charge < -0.3 is 15.5 Å². The van der Waals surface area contributed by atoms with E-state index in [1.54, 1.807) is 0 Å². The first kappa shape index (κ1) is 22.6. The maximum absolute atomic E-state index is 6.67. The molecule has 6 heteroatoms. The van der Waals surface area contributed by atoms with Crippen LogP contribution in [0.2, 0.25) is 0 Å². The topological polar surface area (TPSA) is 70.3 Å². The van der Waals surface area contributed by atoms with Gasteiger partial charge in [0, 0.05) is 37.8 Å². The number of piperidine rings is 1. The minimum absolute atomic E-state index is 0.0553. The highest BCUT2D eigenvalue weighted by atomic mass is 15.4. The van der Waals surface area contributed by atoms with Gasteiger partial charge in [-0.3, -0.25) is 5.32 Å². The van der Waals surface area contributed by atoms with Crippen molar-refractivity contribution in [1.29, 1.82) is 0 Å². The van der Waals surface area contributed by atoms with Crippen molar-refractivity contribution in [1.82, 2.24) is 15.3 Å². The quantitative estimate of drug-likeness (QED) is 0.669. The number of aromatic nitrogens is 2. The molecule has 2 aromatic rings. The summed E-state index contributed by atoms with van der Waals surface area (Å²) in [6.07, 6.45) is 13.4. The maximum atomic E-state index is 6.67. The minimum atomic E-state index is 0.0553. The summed E-state index contributed by atoms with van der Waals surface area (Å²) in [5.41, 5.74) is 10.7. The fourth-order valence-electron chi connectivity index (χ4n) is 5.74. The zero-order chi connectivity index (χ0) is 22.5. The van der Waals surface area contributed by atoms with E-state index in [1.165, 1.54) is 67.6 Å². The van der Waals surface area contributed by atoms with Crippen LogP contribution in [-0.4, -0.2) is 41.8 Å². The third-order valence-corrected chi connectivity index (χ3v) is 7.60. The molecule has 0 amide bonds. The van der Waals surface area contributed by atoms with Crippen molar-refractivity contribution in [3.8, 4) is 0 Å². The van der Waals surface area contributed by atoms with E-state index in [4.69, 9.17) is 15.7 Å². The van der Waals surface area contributed by atoms with Gasteiger partial charge >= 0.3 is 0 Å². The normalized spacial score (nSPS) is 24.2. The molecule has 2 atom stereocenters. The number of nitrogens with one attached hydrogen (secondary N) is 1. The molecule has 33 heavy (non-hydrogen) atoms. The SMILES string of the molecule is NC1CCCN(c2nc3c(c(N4CCCCCC4)n2)CCCCC3)C1NCc1ccccc1. The molecule has 3 N–H and O–H groups in total. The van der Waals surface area contributed by atoms with Crippen molar-refractivity contribution in [2.45, 2.75) is 89.4 Å². The molecule has 2 saturated heterocycles. The van der Waals surface area contributed by atoms with Crippen molar-refractivity contribution >= 4 is 11.8 Å². The monoisotopic (exact) mass is 448 g/mol. The molecule has 178 valence electrons. The van der Waals surface area contributed by atoms with Gasteiger partial charge in [-0.2, -0.15) is 4.98 Å². The van der Waals surface area contributed by atoms with Crippen LogP contribution in [0.1, 0.15) is 74.6 Å². The number of benzene rings is 1. The molecule has 2 fully saturated rings. The molecule has 2 aliphatic heterocycles. The Balaban J connectivity index is 1.46. The summed E-state index contributed by atoms with van der Waals surface area (Å²) in [7, 11) is 0. The highest BCUT2D eigenvalue weighted by molar-refractivity contribution is 5.54. The Kier molecular flexibility index (Phi) is 7.42. The lowest BCUT2D eigenvalue weighted by Crippen LogP contribution is -2.59. The van der Waals surface area contributed by atoms with E-state index >= 15 is 0 Å². The van der Waals surface area contributed by atoms with Gasteiger partial charge in [-0.1, -0.05) is 49.6 Å². The van der Waals surface area contributed by atoms with Gasteiger partial charge in [-0.05, 0) is 56.9 Å². The summed E-state index contributed by atoms with van der Waals surface area (Å²) >= 11 is 0. The zero-order valence-electron chi connectivity index (χ0n) is 20.0. The van der Waals surface area contributed by atoms with Crippen LogP contribution in [0.25, 0.3) is 0 Å². The molecule has 1 aliphatic carbocycles. The Morgan fingerprint density at radius 3 is 2.42 bits per heavy atom. The lowest BCUT2D eigenvalue weighted by Gasteiger charge is -2.41. The van der Waals surface area contributed by atoms with Crippen LogP contribution in [0.3, 0.4) is 0 Å². The van der Waals surface area contributed by atoms with Gasteiger partial charge in [0.2, 0.25) is 5.95 Å². The molecule has 1 aromatic carbocycles. The summed E-state index contributed by atoms with van der Waals surface area (Å²) < 4.78 is 0. The number of hydrogen-bond acceptors (Lipinski definition) is 6. The highest BCUT2D eigenvalue weighted by Gasteiger charge is 2.32.